The lowest BCUT2D eigenvalue weighted by molar-refractivity contribution is 0.0948. The number of fused-ring (bicyclic) bond motifs is 1. The minimum absolute atomic E-state index is 0.141. The van der Waals surface area contributed by atoms with Gasteiger partial charge < -0.3 is 19.7 Å². The summed E-state index contributed by atoms with van der Waals surface area (Å²) in [5.74, 6) is 0.978. The quantitative estimate of drug-likeness (QED) is 0.283. The fraction of sp³-hybridized carbons (Fsp3) is 0.310. The minimum atomic E-state index is -3.83. The number of piperazine rings is 1. The number of anilines is 2. The van der Waals surface area contributed by atoms with Crippen LogP contribution in [0.5, 0.6) is 11.5 Å². The summed E-state index contributed by atoms with van der Waals surface area (Å²) in [5.41, 5.74) is 2.28. The van der Waals surface area contributed by atoms with Gasteiger partial charge in [0.25, 0.3) is 15.9 Å². The third-order valence-electron chi connectivity index (χ3n) is 6.99. The molecule has 1 amide bonds. The number of nitrogens with zero attached hydrogens (tertiary/aromatic N) is 3. The molecule has 1 fully saturated rings. The van der Waals surface area contributed by atoms with Crippen LogP contribution in [0.25, 0.3) is 10.2 Å². The van der Waals surface area contributed by atoms with Gasteiger partial charge in [0.2, 0.25) is 0 Å². The van der Waals surface area contributed by atoms with Crippen molar-refractivity contribution in [2.45, 2.75) is 11.8 Å². The number of ether oxygens (including phenoxy) is 2. The van der Waals surface area contributed by atoms with E-state index in [0.717, 1.165) is 47.1 Å². The Kier molecular flexibility index (Phi) is 8.62. The highest BCUT2D eigenvalue weighted by atomic mass is 32.2. The minimum Gasteiger partial charge on any atom is -0.493 e. The van der Waals surface area contributed by atoms with Crippen LogP contribution in [0.2, 0.25) is 0 Å². The second-order valence-corrected chi connectivity index (χ2v) is 12.4. The van der Waals surface area contributed by atoms with E-state index in [9.17, 15) is 13.2 Å². The standard InChI is InChI=1S/C29H33N5O5S2/c1-20-8-10-21(11-9-20)41(36,37)32-23-7-5-4-6-22(23)28(35)30-14-15-33-16-18-34(19-17-33)29-31-26-25(40-29)13-12-24(38-2)27(26)39-3/h4-13,32H,14-19H2,1-3H3,(H,30,35). The Bertz CT molecular complexity index is 1630. The molecule has 0 bridgehead atoms. The Morgan fingerprint density at radius 2 is 1.71 bits per heavy atom. The van der Waals surface area contributed by atoms with Crippen LogP contribution in [-0.4, -0.2) is 77.7 Å². The first-order valence-electron chi connectivity index (χ1n) is 13.2. The highest BCUT2D eigenvalue weighted by molar-refractivity contribution is 7.92. The Hall–Kier alpha value is -3.87. The van der Waals surface area contributed by atoms with Crippen LogP contribution in [0.4, 0.5) is 10.8 Å². The molecule has 3 aromatic carbocycles. The first-order chi connectivity index (χ1) is 19.8. The Labute approximate surface area is 243 Å². The molecule has 0 spiro atoms. The third-order valence-corrected chi connectivity index (χ3v) is 9.46. The molecule has 1 aliphatic rings. The van der Waals surface area contributed by atoms with E-state index in [-0.39, 0.29) is 22.1 Å². The number of rotatable bonds is 10. The van der Waals surface area contributed by atoms with Gasteiger partial charge in [-0.15, -0.1) is 0 Å². The van der Waals surface area contributed by atoms with Crippen molar-refractivity contribution in [3.63, 3.8) is 0 Å². The van der Waals surface area contributed by atoms with Crippen LogP contribution >= 0.6 is 11.3 Å². The lowest BCUT2D eigenvalue weighted by atomic mass is 10.1. The van der Waals surface area contributed by atoms with Crippen molar-refractivity contribution in [3.8, 4) is 11.5 Å². The SMILES string of the molecule is COc1ccc2sc(N3CCN(CCNC(=O)c4ccccc4NS(=O)(=O)c4ccc(C)cc4)CC3)nc2c1OC. The molecule has 0 aliphatic carbocycles. The molecule has 41 heavy (non-hydrogen) atoms. The number of hydrogen-bond acceptors (Lipinski definition) is 9. The molecule has 216 valence electrons. The number of thiazole rings is 1. The van der Waals surface area contributed by atoms with E-state index in [1.54, 1.807) is 74.1 Å². The second-order valence-electron chi connectivity index (χ2n) is 9.69. The van der Waals surface area contributed by atoms with Gasteiger partial charge in [0.15, 0.2) is 16.6 Å². The Balaban J connectivity index is 1.15. The van der Waals surface area contributed by atoms with E-state index in [1.807, 2.05) is 19.1 Å². The summed E-state index contributed by atoms with van der Waals surface area (Å²) in [4.78, 5) is 22.5. The molecular formula is C29H33N5O5S2. The highest BCUT2D eigenvalue weighted by Gasteiger charge is 2.23. The van der Waals surface area contributed by atoms with Crippen LogP contribution < -0.4 is 24.4 Å². The fourth-order valence-electron chi connectivity index (χ4n) is 4.71. The molecule has 1 aromatic heterocycles. The second kappa shape index (κ2) is 12.3. The van der Waals surface area contributed by atoms with Gasteiger partial charge in [-0.3, -0.25) is 14.4 Å². The first kappa shape index (κ1) is 28.7. The average Bonchev–Trinajstić information content (AvgIpc) is 3.41. The monoisotopic (exact) mass is 595 g/mol. The van der Waals surface area contributed by atoms with Crippen molar-refractivity contribution in [2.75, 3.05) is 63.1 Å². The van der Waals surface area contributed by atoms with Gasteiger partial charge in [0.05, 0.1) is 35.1 Å². The van der Waals surface area contributed by atoms with Gasteiger partial charge in [-0.2, -0.15) is 0 Å². The van der Waals surface area contributed by atoms with Crippen molar-refractivity contribution in [1.82, 2.24) is 15.2 Å². The number of benzene rings is 3. The lowest BCUT2D eigenvalue weighted by Gasteiger charge is -2.34. The summed E-state index contributed by atoms with van der Waals surface area (Å²) in [5, 5.41) is 3.89. The van der Waals surface area contributed by atoms with Crippen LogP contribution in [-0.2, 0) is 10.0 Å². The maximum absolute atomic E-state index is 13.0. The number of methoxy groups -OCH3 is 2. The average molecular weight is 596 g/mol. The zero-order valence-corrected chi connectivity index (χ0v) is 24.8. The number of para-hydroxylation sites is 1. The summed E-state index contributed by atoms with van der Waals surface area (Å²) < 4.78 is 40.3. The van der Waals surface area contributed by atoms with Crippen LogP contribution in [0.3, 0.4) is 0 Å². The maximum Gasteiger partial charge on any atom is 0.261 e. The summed E-state index contributed by atoms with van der Waals surface area (Å²) >= 11 is 1.63. The summed E-state index contributed by atoms with van der Waals surface area (Å²) in [7, 11) is -0.591. The number of carbonyl (C=O) groups is 1. The van der Waals surface area contributed by atoms with Crippen molar-refractivity contribution in [1.29, 1.82) is 0 Å². The summed E-state index contributed by atoms with van der Waals surface area (Å²) in [6.45, 7) is 6.31. The van der Waals surface area contributed by atoms with E-state index >= 15 is 0 Å². The lowest BCUT2D eigenvalue weighted by Crippen LogP contribution is -2.48. The molecule has 4 aromatic rings. The van der Waals surface area contributed by atoms with Crippen molar-refractivity contribution >= 4 is 48.3 Å². The summed E-state index contributed by atoms with van der Waals surface area (Å²) in [6.07, 6.45) is 0. The van der Waals surface area contributed by atoms with Crippen molar-refractivity contribution in [3.05, 3.63) is 71.8 Å². The maximum atomic E-state index is 13.0. The van der Waals surface area contributed by atoms with Gasteiger partial charge in [0.1, 0.15) is 5.52 Å². The Morgan fingerprint density at radius 3 is 2.41 bits per heavy atom. The molecule has 5 rings (SSSR count). The first-order valence-corrected chi connectivity index (χ1v) is 15.5. The molecule has 10 nitrogen and oxygen atoms in total. The van der Waals surface area contributed by atoms with Gasteiger partial charge in [-0.1, -0.05) is 41.2 Å². The van der Waals surface area contributed by atoms with E-state index < -0.39 is 10.0 Å². The van der Waals surface area contributed by atoms with E-state index in [1.165, 1.54) is 0 Å². The number of carbonyl (C=O) groups excluding carboxylic acids is 1. The Morgan fingerprint density at radius 1 is 0.976 bits per heavy atom. The van der Waals surface area contributed by atoms with Gasteiger partial charge >= 0.3 is 0 Å². The van der Waals surface area contributed by atoms with Crippen LogP contribution in [0.1, 0.15) is 15.9 Å². The summed E-state index contributed by atoms with van der Waals surface area (Å²) in [6, 6.07) is 17.1. The smallest absolute Gasteiger partial charge is 0.261 e. The third kappa shape index (κ3) is 6.39. The van der Waals surface area contributed by atoms with Crippen molar-refractivity contribution < 1.29 is 22.7 Å². The van der Waals surface area contributed by atoms with E-state index in [4.69, 9.17) is 14.5 Å². The van der Waals surface area contributed by atoms with Gasteiger partial charge in [0, 0.05) is 39.3 Å². The molecule has 0 unspecified atom stereocenters. The predicted molar refractivity (Wildman–Crippen MR) is 162 cm³/mol. The highest BCUT2D eigenvalue weighted by Crippen LogP contribution is 2.40. The molecular weight excluding hydrogens is 562 g/mol. The molecule has 2 heterocycles. The molecule has 0 atom stereocenters. The van der Waals surface area contributed by atoms with Gasteiger partial charge in [-0.05, 0) is 43.3 Å². The molecule has 12 heteroatoms. The van der Waals surface area contributed by atoms with Gasteiger partial charge in [-0.25, -0.2) is 13.4 Å². The number of sulfonamides is 1. The number of aryl methyl sites for hydroxylation is 1. The van der Waals surface area contributed by atoms with E-state index in [2.05, 4.69) is 19.8 Å². The topological polar surface area (TPSA) is 113 Å². The molecule has 1 saturated heterocycles. The zero-order valence-electron chi connectivity index (χ0n) is 23.2. The number of nitrogens with one attached hydrogen (secondary N) is 2. The normalized spacial score (nSPS) is 14.2. The predicted octanol–water partition coefficient (Wildman–Crippen LogP) is 3.97. The van der Waals surface area contributed by atoms with Crippen LogP contribution in [0, 0.1) is 6.92 Å². The molecule has 1 aliphatic heterocycles. The molecule has 0 saturated carbocycles. The number of amides is 1. The molecule has 0 radical (unpaired) electrons. The van der Waals surface area contributed by atoms with Crippen LogP contribution in [0.15, 0.2) is 65.6 Å². The largest absolute Gasteiger partial charge is 0.493 e. The number of aromatic nitrogens is 1. The van der Waals surface area contributed by atoms with E-state index in [0.29, 0.717) is 24.6 Å². The molecule has 2 N–H and O–H groups in total. The van der Waals surface area contributed by atoms with Crippen molar-refractivity contribution in [2.24, 2.45) is 0 Å². The number of hydrogen-bond donors (Lipinski definition) is 2. The fourth-order valence-corrected chi connectivity index (χ4v) is 6.81. The zero-order chi connectivity index (χ0) is 29.0.